The van der Waals surface area contributed by atoms with E-state index in [9.17, 15) is 5.11 Å². The van der Waals surface area contributed by atoms with Crippen LogP contribution in [0.15, 0.2) is 67.5 Å². The van der Waals surface area contributed by atoms with Gasteiger partial charge >= 0.3 is 0 Å². The van der Waals surface area contributed by atoms with Gasteiger partial charge in [-0.3, -0.25) is 4.98 Å². The first kappa shape index (κ1) is 15.4. The number of pyridine rings is 1. The molecule has 0 aliphatic carbocycles. The van der Waals surface area contributed by atoms with Crippen LogP contribution >= 0.6 is 11.6 Å². The van der Waals surface area contributed by atoms with Crippen LogP contribution < -0.4 is 0 Å². The summed E-state index contributed by atoms with van der Waals surface area (Å²) in [5.41, 5.74) is 0.449. The van der Waals surface area contributed by atoms with E-state index in [0.717, 1.165) is 11.1 Å². The van der Waals surface area contributed by atoms with Crippen LogP contribution in [0.1, 0.15) is 11.1 Å². The lowest BCUT2D eigenvalue weighted by Gasteiger charge is -2.25. The van der Waals surface area contributed by atoms with Crippen LogP contribution in [0, 0.1) is 0 Å². The molecule has 5 nitrogen and oxygen atoms in total. The predicted molar refractivity (Wildman–Crippen MR) is 88.6 cm³/mol. The van der Waals surface area contributed by atoms with Gasteiger partial charge in [-0.15, -0.1) is 0 Å². The number of rotatable bonds is 5. The molecule has 6 heteroatoms. The third-order valence-corrected chi connectivity index (χ3v) is 3.72. The minimum absolute atomic E-state index is 0.251. The summed E-state index contributed by atoms with van der Waals surface area (Å²) in [5.74, 6) is 0. The maximum Gasteiger partial charge on any atom is 0.137 e. The smallest absolute Gasteiger partial charge is 0.137 e. The van der Waals surface area contributed by atoms with Crippen LogP contribution in [-0.4, -0.2) is 24.9 Å². The number of benzene rings is 1. The van der Waals surface area contributed by atoms with Gasteiger partial charge in [-0.25, -0.2) is 9.67 Å². The molecule has 1 atom stereocenters. The number of halogens is 1. The molecule has 0 aliphatic rings. The van der Waals surface area contributed by atoms with Crippen molar-refractivity contribution in [1.82, 2.24) is 19.7 Å². The minimum Gasteiger partial charge on any atom is -0.379 e. The van der Waals surface area contributed by atoms with Crippen molar-refractivity contribution in [3.8, 4) is 0 Å². The molecule has 0 radical (unpaired) electrons. The van der Waals surface area contributed by atoms with Crippen molar-refractivity contribution < 1.29 is 5.11 Å². The topological polar surface area (TPSA) is 63.8 Å². The molecular weight excluding hydrogens is 312 g/mol. The lowest BCUT2D eigenvalue weighted by molar-refractivity contribution is 0.0663. The van der Waals surface area contributed by atoms with Crippen LogP contribution in [0.5, 0.6) is 0 Å². The Hall–Kier alpha value is -2.50. The van der Waals surface area contributed by atoms with Gasteiger partial charge in [-0.1, -0.05) is 29.8 Å². The second-order valence-electron chi connectivity index (χ2n) is 5.14. The van der Waals surface area contributed by atoms with Gasteiger partial charge in [0.2, 0.25) is 0 Å². The standard InChI is InChI=1S/C17H15ClN4O/c18-16-3-1-14(2-4-16)5-8-17(23,11-22-13-20-12-21-22)15-6-9-19-10-7-15/h1-10,12-13,23H,11H2/b8-5+. The zero-order valence-electron chi connectivity index (χ0n) is 12.2. The molecule has 3 rings (SSSR count). The monoisotopic (exact) mass is 326 g/mol. The van der Waals surface area contributed by atoms with E-state index in [4.69, 9.17) is 11.6 Å². The van der Waals surface area contributed by atoms with Gasteiger partial charge in [0.05, 0.1) is 6.54 Å². The fourth-order valence-corrected chi connectivity index (χ4v) is 2.38. The number of aromatic nitrogens is 4. The van der Waals surface area contributed by atoms with Crippen LogP contribution in [-0.2, 0) is 12.1 Å². The second-order valence-corrected chi connectivity index (χ2v) is 5.57. The van der Waals surface area contributed by atoms with E-state index in [1.54, 1.807) is 41.6 Å². The van der Waals surface area contributed by atoms with E-state index >= 15 is 0 Å². The van der Waals surface area contributed by atoms with E-state index in [0.29, 0.717) is 5.02 Å². The van der Waals surface area contributed by atoms with Gasteiger partial charge in [0.1, 0.15) is 18.3 Å². The lowest BCUT2D eigenvalue weighted by atomic mass is 9.93. The maximum absolute atomic E-state index is 11.1. The van der Waals surface area contributed by atoms with Crippen molar-refractivity contribution in [2.45, 2.75) is 12.1 Å². The molecule has 1 aromatic carbocycles. The van der Waals surface area contributed by atoms with Crippen molar-refractivity contribution in [2.75, 3.05) is 0 Å². The Morgan fingerprint density at radius 1 is 1.09 bits per heavy atom. The Labute approximate surface area is 138 Å². The van der Waals surface area contributed by atoms with Gasteiger partial charge in [-0.05, 0) is 41.5 Å². The first-order valence-electron chi connectivity index (χ1n) is 7.06. The maximum atomic E-state index is 11.1. The highest BCUT2D eigenvalue weighted by Gasteiger charge is 2.27. The third-order valence-electron chi connectivity index (χ3n) is 3.47. The first-order chi connectivity index (χ1) is 11.2. The molecule has 2 aromatic heterocycles. The number of nitrogens with zero attached hydrogens (tertiary/aromatic N) is 4. The summed E-state index contributed by atoms with van der Waals surface area (Å²) in [5, 5.41) is 15.9. The Kier molecular flexibility index (Phi) is 4.50. The molecule has 1 N–H and O–H groups in total. The third kappa shape index (κ3) is 3.83. The Morgan fingerprint density at radius 3 is 2.48 bits per heavy atom. The Bertz CT molecular complexity index is 772. The molecule has 0 saturated carbocycles. The molecule has 2 heterocycles. The largest absolute Gasteiger partial charge is 0.379 e. The molecular formula is C17H15ClN4O. The molecule has 0 bridgehead atoms. The van der Waals surface area contributed by atoms with Gasteiger partial charge < -0.3 is 5.11 Å². The Balaban J connectivity index is 1.93. The summed E-state index contributed by atoms with van der Waals surface area (Å²) in [6.45, 7) is 0.251. The van der Waals surface area contributed by atoms with E-state index in [1.165, 1.54) is 6.33 Å². The molecule has 23 heavy (non-hydrogen) atoms. The first-order valence-corrected chi connectivity index (χ1v) is 7.44. The molecule has 1 unspecified atom stereocenters. The normalized spacial score (nSPS) is 14.0. The van der Waals surface area contributed by atoms with E-state index < -0.39 is 5.60 Å². The number of hydrogen-bond donors (Lipinski definition) is 1. The number of aliphatic hydroxyl groups is 1. The van der Waals surface area contributed by atoms with Crippen LogP contribution in [0.3, 0.4) is 0 Å². The van der Waals surface area contributed by atoms with Gasteiger partial charge in [0, 0.05) is 17.4 Å². The molecule has 116 valence electrons. The minimum atomic E-state index is -1.23. The molecule has 0 amide bonds. The van der Waals surface area contributed by atoms with Gasteiger partial charge in [0.25, 0.3) is 0 Å². The van der Waals surface area contributed by atoms with Crippen molar-refractivity contribution in [3.63, 3.8) is 0 Å². The summed E-state index contributed by atoms with van der Waals surface area (Å²) in [6, 6.07) is 11.0. The molecule has 0 fully saturated rings. The van der Waals surface area contributed by atoms with E-state index in [2.05, 4.69) is 15.1 Å². The van der Waals surface area contributed by atoms with Gasteiger partial charge in [0.15, 0.2) is 0 Å². The highest BCUT2D eigenvalue weighted by molar-refractivity contribution is 6.30. The fraction of sp³-hybridized carbons (Fsp3) is 0.118. The zero-order valence-corrected chi connectivity index (χ0v) is 13.0. The summed E-state index contributed by atoms with van der Waals surface area (Å²) >= 11 is 5.89. The lowest BCUT2D eigenvalue weighted by Crippen LogP contribution is -2.29. The summed E-state index contributed by atoms with van der Waals surface area (Å²) in [6.07, 6.45) is 9.91. The molecule has 0 saturated heterocycles. The quantitative estimate of drug-likeness (QED) is 0.783. The average Bonchev–Trinajstić information content (AvgIpc) is 3.08. The SMILES string of the molecule is OC(/C=C/c1ccc(Cl)cc1)(Cn1cncn1)c1ccncc1. The zero-order chi connectivity index (χ0) is 16.1. The average molecular weight is 327 g/mol. The summed E-state index contributed by atoms with van der Waals surface area (Å²) < 4.78 is 1.59. The highest BCUT2D eigenvalue weighted by Crippen LogP contribution is 2.25. The van der Waals surface area contributed by atoms with Crippen molar-refractivity contribution in [2.24, 2.45) is 0 Å². The van der Waals surface area contributed by atoms with Crippen molar-refractivity contribution in [1.29, 1.82) is 0 Å². The van der Waals surface area contributed by atoms with Crippen molar-refractivity contribution >= 4 is 17.7 Å². The highest BCUT2D eigenvalue weighted by atomic mass is 35.5. The van der Waals surface area contributed by atoms with E-state index in [1.807, 2.05) is 30.3 Å². The summed E-state index contributed by atoms with van der Waals surface area (Å²) in [4.78, 5) is 7.92. The fourth-order valence-electron chi connectivity index (χ4n) is 2.25. The van der Waals surface area contributed by atoms with Crippen LogP contribution in [0.2, 0.25) is 5.02 Å². The number of hydrogen-bond acceptors (Lipinski definition) is 4. The molecule has 0 spiro atoms. The molecule has 0 aliphatic heterocycles. The van der Waals surface area contributed by atoms with Crippen LogP contribution in [0.25, 0.3) is 6.08 Å². The summed E-state index contributed by atoms with van der Waals surface area (Å²) in [7, 11) is 0. The van der Waals surface area contributed by atoms with Crippen LogP contribution in [0.4, 0.5) is 0 Å². The van der Waals surface area contributed by atoms with Gasteiger partial charge in [-0.2, -0.15) is 5.10 Å². The van der Waals surface area contributed by atoms with E-state index in [-0.39, 0.29) is 6.54 Å². The van der Waals surface area contributed by atoms with Crippen molar-refractivity contribution in [3.05, 3.63) is 83.7 Å². The predicted octanol–water partition coefficient (Wildman–Crippen LogP) is 2.93. The Morgan fingerprint density at radius 2 is 1.83 bits per heavy atom. The second kappa shape index (κ2) is 6.73. The molecule has 3 aromatic rings.